The molecule has 0 rings (SSSR count). The number of carbonyl (C=O) groups is 6. The molecular weight excluding hydrogens is 524 g/mol. The lowest BCUT2D eigenvalue weighted by Gasteiger charge is -2.26. The molecule has 0 aromatic rings. The molecule has 15 nitrogen and oxygen atoms in total. The molecule has 230 valence electrons. The lowest BCUT2D eigenvalue weighted by atomic mass is 10.1. The van der Waals surface area contributed by atoms with Crippen LogP contribution in [0.2, 0.25) is 0 Å². The third kappa shape index (κ3) is 17.0. The molecule has 0 aliphatic heterocycles. The first-order valence-corrected chi connectivity index (χ1v) is 13.7. The third-order valence-corrected chi connectivity index (χ3v) is 6.20. The van der Waals surface area contributed by atoms with Crippen LogP contribution in [0.3, 0.4) is 0 Å². The fraction of sp³-hybridized carbons (Fsp3) is 0.760. The van der Waals surface area contributed by atoms with Crippen molar-refractivity contribution < 1.29 is 39.6 Å². The van der Waals surface area contributed by atoms with Gasteiger partial charge in [-0.25, -0.2) is 0 Å². The summed E-state index contributed by atoms with van der Waals surface area (Å²) in [4.78, 5) is 71.0. The first kappa shape index (κ1) is 37.2. The molecule has 0 heterocycles. The highest BCUT2D eigenvalue weighted by molar-refractivity contribution is 5.91. The van der Waals surface area contributed by atoms with Gasteiger partial charge in [0.25, 0.3) is 5.91 Å². The summed E-state index contributed by atoms with van der Waals surface area (Å²) < 4.78 is 0. The number of carbonyl (C=O) groups excluding carboxylic acids is 6. The summed E-state index contributed by atoms with van der Waals surface area (Å²) >= 11 is 0. The number of nitrogens with one attached hydrogen (secondary N) is 5. The maximum Gasteiger partial charge on any atom is 0.278 e. The number of carboxylic acid groups (broad SMARTS) is 1. The summed E-state index contributed by atoms with van der Waals surface area (Å²) in [6.45, 7) is 2.43. The molecule has 2 amide bonds. The van der Waals surface area contributed by atoms with Gasteiger partial charge >= 0.3 is 0 Å². The highest BCUT2D eigenvalue weighted by Gasteiger charge is 2.28. The van der Waals surface area contributed by atoms with Gasteiger partial charge in [0, 0.05) is 26.1 Å². The zero-order valence-corrected chi connectivity index (χ0v) is 23.4. The van der Waals surface area contributed by atoms with Crippen LogP contribution < -0.4 is 48.9 Å². The highest BCUT2D eigenvalue weighted by atomic mass is 16.4. The summed E-state index contributed by atoms with van der Waals surface area (Å²) in [6.07, 6.45) is 6.35. The van der Waals surface area contributed by atoms with Gasteiger partial charge < -0.3 is 68.1 Å². The quantitative estimate of drug-likeness (QED) is 0.0356. The Morgan fingerprint density at radius 3 is 1.77 bits per heavy atom. The number of quaternary nitrogens is 1. The Kier molecular flexibility index (Phi) is 21.3. The minimum absolute atomic E-state index is 0.167. The number of aliphatic carboxylic acids is 1. The topological polar surface area (TPSA) is 265 Å². The van der Waals surface area contributed by atoms with Gasteiger partial charge in [-0.05, 0) is 45.7 Å². The standard InChI is InChI=1S/C25H48N8O7/c1-17(14-34)30-12-21(32-23(37)20(28)8-11-29-18(15-35)6-2-4-9-26)24(38)33-22(25(39)40)13-31-19(16-36)7-3-5-10-27/h14-22,29-31H,2-13,26-28H2,1H3,(H,32,37)(H,33,38)(H,39,40)/t17-,18-,19-,20?,21?,22?/m0/s1. The van der Waals surface area contributed by atoms with Crippen molar-refractivity contribution in [1.29, 1.82) is 0 Å². The van der Waals surface area contributed by atoms with Crippen LogP contribution in [-0.2, 0) is 28.8 Å². The Hall–Kier alpha value is -2.82. The summed E-state index contributed by atoms with van der Waals surface area (Å²) in [6, 6.07) is -5.15. The van der Waals surface area contributed by atoms with Gasteiger partial charge in [-0.2, -0.15) is 0 Å². The van der Waals surface area contributed by atoms with Gasteiger partial charge in [-0.1, -0.05) is 12.8 Å². The summed E-state index contributed by atoms with van der Waals surface area (Å²) in [5, 5.41) is 25.1. The van der Waals surface area contributed by atoms with Gasteiger partial charge in [-0.3, -0.25) is 9.59 Å². The molecule has 0 fully saturated rings. The fourth-order valence-electron chi connectivity index (χ4n) is 3.61. The summed E-state index contributed by atoms with van der Waals surface area (Å²) in [5.41, 5.74) is 14.7. The molecule has 0 spiro atoms. The Labute approximate surface area is 235 Å². The van der Waals surface area contributed by atoms with Crippen LogP contribution in [0.1, 0.15) is 51.9 Å². The predicted molar refractivity (Wildman–Crippen MR) is 145 cm³/mol. The molecule has 3 unspecified atom stereocenters. The number of hydrogen-bond donors (Lipinski definition) is 8. The summed E-state index contributed by atoms with van der Waals surface area (Å²) in [7, 11) is 0. The molecule has 40 heavy (non-hydrogen) atoms. The number of carboxylic acids is 1. The van der Waals surface area contributed by atoms with Gasteiger partial charge in [0.2, 0.25) is 5.91 Å². The minimum atomic E-state index is -1.58. The van der Waals surface area contributed by atoms with Crippen LogP contribution in [0.5, 0.6) is 0 Å². The molecule has 0 aromatic heterocycles. The molecule has 0 aromatic carbocycles. The maximum atomic E-state index is 13.0. The smallest absolute Gasteiger partial charge is 0.278 e. The van der Waals surface area contributed by atoms with Gasteiger partial charge in [-0.15, -0.1) is 0 Å². The first-order valence-electron chi connectivity index (χ1n) is 13.7. The van der Waals surface area contributed by atoms with E-state index < -0.39 is 48.0 Å². The van der Waals surface area contributed by atoms with E-state index in [-0.39, 0.29) is 25.6 Å². The zero-order valence-electron chi connectivity index (χ0n) is 23.4. The van der Waals surface area contributed by atoms with Gasteiger partial charge in [0.05, 0.1) is 30.1 Å². The molecule has 0 aliphatic carbocycles. The van der Waals surface area contributed by atoms with E-state index in [1.54, 1.807) is 6.92 Å². The normalized spacial score (nSPS) is 15.6. The maximum absolute atomic E-state index is 13.0. The number of amides is 2. The largest absolute Gasteiger partial charge is 0.548 e. The first-order chi connectivity index (χ1) is 19.1. The van der Waals surface area contributed by atoms with Crippen LogP contribution in [-0.4, -0.2) is 106 Å². The molecule has 6 atom stereocenters. The third-order valence-electron chi connectivity index (χ3n) is 6.20. The van der Waals surface area contributed by atoms with Crippen LogP contribution in [0.25, 0.3) is 0 Å². The van der Waals surface area contributed by atoms with Crippen LogP contribution >= 0.6 is 0 Å². The lowest BCUT2D eigenvalue weighted by molar-refractivity contribution is -0.404. The van der Waals surface area contributed by atoms with E-state index in [9.17, 15) is 33.9 Å². The number of hydrogen-bond acceptors (Lipinski definition) is 12. The number of nitrogens with two attached hydrogens (primary N) is 2. The SMILES string of the molecule is C[C@@H](C=O)NCC(NC(=O)C([NH3+])CCN[C@H](C=O)CCCCN)C(=O)NC(CN[C@H](C=O)CCCCN)C(=O)[O-]. The van der Waals surface area contributed by atoms with Crippen molar-refractivity contribution in [3.05, 3.63) is 0 Å². The molecule has 0 saturated carbocycles. The van der Waals surface area contributed by atoms with E-state index in [1.165, 1.54) is 0 Å². The van der Waals surface area contributed by atoms with Crippen molar-refractivity contribution in [2.45, 2.75) is 88.1 Å². The number of unbranched alkanes of at least 4 members (excludes halogenated alkanes) is 2. The number of aldehydes is 3. The van der Waals surface area contributed by atoms with Crippen molar-refractivity contribution in [3.8, 4) is 0 Å². The van der Waals surface area contributed by atoms with Crippen molar-refractivity contribution in [2.24, 2.45) is 11.5 Å². The lowest BCUT2D eigenvalue weighted by Crippen LogP contribution is -2.70. The minimum Gasteiger partial charge on any atom is -0.548 e. The molecule has 0 bridgehead atoms. The van der Waals surface area contributed by atoms with Gasteiger partial charge in [0.15, 0.2) is 6.04 Å². The van der Waals surface area contributed by atoms with E-state index >= 15 is 0 Å². The second kappa shape index (κ2) is 22.9. The zero-order chi connectivity index (χ0) is 30.3. The van der Waals surface area contributed by atoms with Gasteiger partial charge in [0.1, 0.15) is 24.9 Å². The average molecular weight is 573 g/mol. The molecule has 0 radical (unpaired) electrons. The van der Waals surface area contributed by atoms with Crippen LogP contribution in [0.4, 0.5) is 0 Å². The van der Waals surface area contributed by atoms with Crippen LogP contribution in [0, 0.1) is 0 Å². The molecule has 12 N–H and O–H groups in total. The van der Waals surface area contributed by atoms with E-state index in [0.717, 1.165) is 19.1 Å². The highest BCUT2D eigenvalue weighted by Crippen LogP contribution is 2.00. The number of rotatable bonds is 26. The Morgan fingerprint density at radius 1 is 0.750 bits per heavy atom. The molecule has 15 heteroatoms. The second-order valence-corrected chi connectivity index (χ2v) is 9.68. The van der Waals surface area contributed by atoms with Crippen LogP contribution in [0.15, 0.2) is 0 Å². The average Bonchev–Trinajstić information content (AvgIpc) is 2.94. The molecule has 0 aliphatic rings. The Bertz CT molecular complexity index is 773. The predicted octanol–water partition coefficient (Wildman–Crippen LogP) is -5.54. The Balaban J connectivity index is 5.14. The molecular formula is C25H48N8O7. The van der Waals surface area contributed by atoms with E-state index in [1.807, 2.05) is 0 Å². The molecule has 0 saturated heterocycles. The van der Waals surface area contributed by atoms with Crippen molar-refractivity contribution in [3.63, 3.8) is 0 Å². The van der Waals surface area contributed by atoms with E-state index in [2.05, 4.69) is 32.3 Å². The Morgan fingerprint density at radius 2 is 1.27 bits per heavy atom. The fourth-order valence-corrected chi connectivity index (χ4v) is 3.61. The van der Waals surface area contributed by atoms with Crippen molar-refractivity contribution in [1.82, 2.24) is 26.6 Å². The van der Waals surface area contributed by atoms with E-state index in [4.69, 9.17) is 11.5 Å². The second-order valence-electron chi connectivity index (χ2n) is 9.68. The monoisotopic (exact) mass is 572 g/mol. The van der Waals surface area contributed by atoms with Crippen molar-refractivity contribution in [2.75, 3.05) is 32.7 Å². The van der Waals surface area contributed by atoms with E-state index in [0.29, 0.717) is 57.9 Å². The van der Waals surface area contributed by atoms with Crippen molar-refractivity contribution >= 4 is 36.6 Å². The summed E-state index contributed by atoms with van der Waals surface area (Å²) in [5.74, 6) is -2.98.